The summed E-state index contributed by atoms with van der Waals surface area (Å²) in [6.07, 6.45) is 0.178. The normalized spacial score (nSPS) is 15.5. The van der Waals surface area contributed by atoms with E-state index in [9.17, 15) is 14.4 Å². The third-order valence-electron chi connectivity index (χ3n) is 5.83. The molecule has 0 spiro atoms. The third kappa shape index (κ3) is 4.54. The second kappa shape index (κ2) is 9.06. The van der Waals surface area contributed by atoms with Gasteiger partial charge in [0.2, 0.25) is 11.8 Å². The van der Waals surface area contributed by atoms with Crippen molar-refractivity contribution in [2.45, 2.75) is 20.3 Å². The van der Waals surface area contributed by atoms with Crippen LogP contribution in [0.25, 0.3) is 0 Å². The fourth-order valence-corrected chi connectivity index (χ4v) is 3.77. The maximum Gasteiger partial charge on any atom is 0.255 e. The van der Waals surface area contributed by atoms with E-state index in [1.165, 1.54) is 0 Å². The van der Waals surface area contributed by atoms with Crippen molar-refractivity contribution >= 4 is 34.8 Å². The highest BCUT2D eigenvalue weighted by Crippen LogP contribution is 2.26. The fourth-order valence-electron chi connectivity index (χ4n) is 3.77. The van der Waals surface area contributed by atoms with E-state index in [4.69, 9.17) is 0 Å². The number of hydrogen-bond donors (Lipinski definition) is 2. The van der Waals surface area contributed by atoms with Gasteiger partial charge in [0.15, 0.2) is 0 Å². The molecule has 0 bridgehead atoms. The van der Waals surface area contributed by atoms with E-state index in [1.807, 2.05) is 62.4 Å². The van der Waals surface area contributed by atoms with Crippen LogP contribution in [0.3, 0.4) is 0 Å². The molecule has 1 saturated heterocycles. The van der Waals surface area contributed by atoms with Gasteiger partial charge in [0.25, 0.3) is 5.91 Å². The van der Waals surface area contributed by atoms with Gasteiger partial charge in [-0.3, -0.25) is 14.4 Å². The monoisotopic (exact) mass is 427 g/mol. The van der Waals surface area contributed by atoms with Crippen molar-refractivity contribution in [1.29, 1.82) is 0 Å². The number of benzene rings is 3. The average Bonchev–Trinajstić information content (AvgIpc) is 3.20. The first-order valence-corrected chi connectivity index (χ1v) is 10.6. The minimum absolute atomic E-state index is 0.0604. The molecule has 3 aromatic rings. The number of para-hydroxylation sites is 1. The van der Waals surface area contributed by atoms with Crippen molar-refractivity contribution in [3.05, 3.63) is 89.5 Å². The molecule has 32 heavy (non-hydrogen) atoms. The molecule has 0 radical (unpaired) electrons. The molecule has 1 heterocycles. The molecular weight excluding hydrogens is 402 g/mol. The Hall–Kier alpha value is -3.93. The quantitative estimate of drug-likeness (QED) is 0.627. The Bertz CT molecular complexity index is 1160. The van der Waals surface area contributed by atoms with Gasteiger partial charge in [-0.25, -0.2) is 0 Å². The second-order valence-corrected chi connectivity index (χ2v) is 8.01. The van der Waals surface area contributed by atoms with E-state index in [2.05, 4.69) is 10.6 Å². The Morgan fingerprint density at radius 3 is 2.31 bits per heavy atom. The van der Waals surface area contributed by atoms with E-state index < -0.39 is 5.92 Å². The van der Waals surface area contributed by atoms with Crippen LogP contribution in [0.15, 0.2) is 72.8 Å². The Morgan fingerprint density at radius 1 is 0.875 bits per heavy atom. The van der Waals surface area contributed by atoms with Gasteiger partial charge in [0.05, 0.1) is 5.92 Å². The van der Waals surface area contributed by atoms with Crippen LogP contribution in [0.2, 0.25) is 0 Å². The van der Waals surface area contributed by atoms with Crippen molar-refractivity contribution in [3.63, 3.8) is 0 Å². The Morgan fingerprint density at radius 2 is 1.59 bits per heavy atom. The molecule has 1 aliphatic rings. The predicted octanol–water partition coefficient (Wildman–Crippen LogP) is 4.55. The van der Waals surface area contributed by atoms with Crippen LogP contribution >= 0.6 is 0 Å². The van der Waals surface area contributed by atoms with Crippen LogP contribution < -0.4 is 15.5 Å². The molecule has 1 atom stereocenters. The molecule has 1 fully saturated rings. The van der Waals surface area contributed by atoms with E-state index in [0.717, 1.165) is 22.5 Å². The van der Waals surface area contributed by atoms with Gasteiger partial charge in [0.1, 0.15) is 0 Å². The van der Waals surface area contributed by atoms with Crippen molar-refractivity contribution in [1.82, 2.24) is 0 Å². The third-order valence-corrected chi connectivity index (χ3v) is 5.83. The number of carbonyl (C=O) groups is 3. The molecule has 3 aromatic carbocycles. The Balaban J connectivity index is 1.37. The summed E-state index contributed by atoms with van der Waals surface area (Å²) >= 11 is 0. The second-order valence-electron chi connectivity index (χ2n) is 8.01. The lowest BCUT2D eigenvalue weighted by atomic mass is 10.1. The smallest absolute Gasteiger partial charge is 0.255 e. The lowest BCUT2D eigenvalue weighted by Crippen LogP contribution is -2.28. The van der Waals surface area contributed by atoms with Crippen LogP contribution in [0.4, 0.5) is 17.1 Å². The van der Waals surface area contributed by atoms with Crippen LogP contribution in [0.5, 0.6) is 0 Å². The summed E-state index contributed by atoms with van der Waals surface area (Å²) in [5, 5.41) is 5.79. The van der Waals surface area contributed by atoms with Crippen molar-refractivity contribution in [2.75, 3.05) is 22.1 Å². The lowest BCUT2D eigenvalue weighted by Gasteiger charge is -2.16. The van der Waals surface area contributed by atoms with Crippen LogP contribution in [0, 0.1) is 19.8 Å². The maximum absolute atomic E-state index is 12.7. The van der Waals surface area contributed by atoms with E-state index in [1.54, 1.807) is 29.2 Å². The highest BCUT2D eigenvalue weighted by Gasteiger charge is 2.35. The molecular formula is C26H25N3O3. The number of carbonyl (C=O) groups excluding carboxylic acids is 3. The predicted molar refractivity (Wildman–Crippen MR) is 126 cm³/mol. The number of amides is 3. The zero-order valence-electron chi connectivity index (χ0n) is 18.1. The molecule has 0 saturated carbocycles. The summed E-state index contributed by atoms with van der Waals surface area (Å²) in [6.45, 7) is 4.32. The summed E-state index contributed by atoms with van der Waals surface area (Å²) in [6, 6.07) is 21.9. The summed E-state index contributed by atoms with van der Waals surface area (Å²) in [5.74, 6) is -0.898. The van der Waals surface area contributed by atoms with Gasteiger partial charge in [-0.05, 0) is 67.4 Å². The Kier molecular flexibility index (Phi) is 6.03. The topological polar surface area (TPSA) is 78.5 Å². The summed E-state index contributed by atoms with van der Waals surface area (Å²) in [7, 11) is 0. The highest BCUT2D eigenvalue weighted by molar-refractivity contribution is 6.06. The molecule has 6 heteroatoms. The summed E-state index contributed by atoms with van der Waals surface area (Å²) in [5.41, 5.74) is 4.80. The number of rotatable bonds is 5. The van der Waals surface area contributed by atoms with Crippen molar-refractivity contribution in [3.8, 4) is 0 Å². The standard InChI is InChI=1S/C26H25N3O3/c1-17-7-6-10-23(18(17)2)28-25(31)19-11-13-21(14-12-19)27-26(32)20-15-24(30)29(16-20)22-8-4-3-5-9-22/h3-14,20H,15-16H2,1-2H3,(H,27,32)(H,28,31). The van der Waals surface area contributed by atoms with E-state index in [0.29, 0.717) is 17.8 Å². The molecule has 6 nitrogen and oxygen atoms in total. The largest absolute Gasteiger partial charge is 0.326 e. The van der Waals surface area contributed by atoms with Gasteiger partial charge in [0, 0.05) is 35.6 Å². The zero-order chi connectivity index (χ0) is 22.7. The summed E-state index contributed by atoms with van der Waals surface area (Å²) < 4.78 is 0. The Labute approximate surface area is 187 Å². The molecule has 0 aromatic heterocycles. The summed E-state index contributed by atoms with van der Waals surface area (Å²) in [4.78, 5) is 39.3. The van der Waals surface area contributed by atoms with Crippen LogP contribution in [-0.2, 0) is 9.59 Å². The minimum Gasteiger partial charge on any atom is -0.326 e. The number of nitrogens with one attached hydrogen (secondary N) is 2. The minimum atomic E-state index is -0.421. The molecule has 4 rings (SSSR count). The van der Waals surface area contributed by atoms with Gasteiger partial charge < -0.3 is 15.5 Å². The van der Waals surface area contributed by atoms with E-state index >= 15 is 0 Å². The first-order valence-electron chi connectivity index (χ1n) is 10.6. The lowest BCUT2D eigenvalue weighted by molar-refractivity contribution is -0.122. The molecule has 3 amide bonds. The first-order chi connectivity index (χ1) is 15.4. The number of anilines is 3. The SMILES string of the molecule is Cc1cccc(NC(=O)c2ccc(NC(=O)C3CC(=O)N(c4ccccc4)C3)cc2)c1C. The molecule has 1 unspecified atom stereocenters. The molecule has 1 aliphatic heterocycles. The van der Waals surface area contributed by atoms with Gasteiger partial charge in [-0.15, -0.1) is 0 Å². The average molecular weight is 428 g/mol. The molecule has 0 aliphatic carbocycles. The van der Waals surface area contributed by atoms with Gasteiger partial charge in [-0.1, -0.05) is 30.3 Å². The van der Waals surface area contributed by atoms with Crippen LogP contribution in [0.1, 0.15) is 27.9 Å². The van der Waals surface area contributed by atoms with Crippen LogP contribution in [-0.4, -0.2) is 24.3 Å². The number of aryl methyl sites for hydroxylation is 1. The van der Waals surface area contributed by atoms with E-state index in [-0.39, 0.29) is 24.1 Å². The number of hydrogen-bond acceptors (Lipinski definition) is 3. The molecule has 162 valence electrons. The highest BCUT2D eigenvalue weighted by atomic mass is 16.2. The van der Waals surface area contributed by atoms with Crippen molar-refractivity contribution < 1.29 is 14.4 Å². The van der Waals surface area contributed by atoms with Gasteiger partial charge in [-0.2, -0.15) is 0 Å². The number of nitrogens with zero attached hydrogens (tertiary/aromatic N) is 1. The maximum atomic E-state index is 12.7. The first kappa shape index (κ1) is 21.3. The van der Waals surface area contributed by atoms with Gasteiger partial charge >= 0.3 is 0 Å². The zero-order valence-corrected chi connectivity index (χ0v) is 18.1. The molecule has 2 N–H and O–H groups in total. The fraction of sp³-hybridized carbons (Fsp3) is 0.192. The van der Waals surface area contributed by atoms with Crippen molar-refractivity contribution in [2.24, 2.45) is 5.92 Å².